The number of nitrogens with one attached hydrogen (secondary N) is 1. The van der Waals surface area contributed by atoms with Crippen LogP contribution in [0.2, 0.25) is 0 Å². The van der Waals surface area contributed by atoms with Crippen LogP contribution in [-0.4, -0.2) is 26.7 Å². The lowest BCUT2D eigenvalue weighted by atomic mass is 10.2. The lowest BCUT2D eigenvalue weighted by molar-refractivity contribution is 0.0364. The Bertz CT molecular complexity index is 383. The van der Waals surface area contributed by atoms with Gasteiger partial charge in [-0.05, 0) is 35.0 Å². The van der Waals surface area contributed by atoms with E-state index in [4.69, 9.17) is 14.3 Å². The summed E-state index contributed by atoms with van der Waals surface area (Å²) >= 11 is 3.32. The molecule has 0 bridgehead atoms. The Morgan fingerprint density at radius 1 is 1.29 bits per heavy atom. The third kappa shape index (κ3) is 3.34. The van der Waals surface area contributed by atoms with Crippen LogP contribution in [0.15, 0.2) is 16.6 Å². The highest BCUT2D eigenvalue weighted by atomic mass is 79.9. The molecule has 94 valence electrons. The predicted octanol–water partition coefficient (Wildman–Crippen LogP) is 2.15. The van der Waals surface area contributed by atoms with Gasteiger partial charge in [-0.25, -0.2) is 5.48 Å². The monoisotopic (exact) mass is 303 g/mol. The molecule has 1 aromatic carbocycles. The Hall–Kier alpha value is -1.27. The van der Waals surface area contributed by atoms with Crippen molar-refractivity contribution in [1.29, 1.82) is 0 Å². The number of hydrogen-bond acceptors (Lipinski definition) is 4. The van der Waals surface area contributed by atoms with Crippen LogP contribution in [0.25, 0.3) is 0 Å². The maximum atomic E-state index is 11.7. The van der Waals surface area contributed by atoms with Gasteiger partial charge in [0.05, 0.1) is 20.8 Å². The van der Waals surface area contributed by atoms with Gasteiger partial charge in [-0.3, -0.25) is 9.63 Å². The first-order valence-electron chi connectivity index (χ1n) is 4.97. The number of methoxy groups -OCH3 is 2. The highest BCUT2D eigenvalue weighted by Crippen LogP contribution is 2.35. The Kier molecular flexibility index (Phi) is 5.24. The fraction of sp³-hybridized carbons (Fsp3) is 0.364. The molecule has 0 aliphatic heterocycles. The first-order valence-corrected chi connectivity index (χ1v) is 5.77. The van der Waals surface area contributed by atoms with Gasteiger partial charge in [0.2, 0.25) is 0 Å². The van der Waals surface area contributed by atoms with Crippen molar-refractivity contribution in [2.45, 2.75) is 6.92 Å². The SMILES string of the molecule is CCONC(=O)c1cc(OC)c(Br)c(OC)c1. The first kappa shape index (κ1) is 13.8. The Labute approximate surface area is 108 Å². The summed E-state index contributed by atoms with van der Waals surface area (Å²) in [6.45, 7) is 2.18. The van der Waals surface area contributed by atoms with Crippen LogP contribution >= 0.6 is 15.9 Å². The molecule has 0 unspecified atom stereocenters. The Balaban J connectivity index is 3.04. The molecule has 0 heterocycles. The number of carbonyl (C=O) groups is 1. The van der Waals surface area contributed by atoms with Crippen molar-refractivity contribution in [3.05, 3.63) is 22.2 Å². The molecule has 0 atom stereocenters. The van der Waals surface area contributed by atoms with Crippen molar-refractivity contribution in [2.24, 2.45) is 0 Å². The summed E-state index contributed by atoms with van der Waals surface area (Å²) < 4.78 is 10.9. The maximum absolute atomic E-state index is 11.7. The van der Waals surface area contributed by atoms with E-state index in [1.54, 1.807) is 19.1 Å². The number of amides is 1. The van der Waals surface area contributed by atoms with Crippen LogP contribution in [0.5, 0.6) is 11.5 Å². The molecule has 0 spiro atoms. The molecular formula is C11H14BrNO4. The van der Waals surface area contributed by atoms with Gasteiger partial charge in [-0.2, -0.15) is 0 Å². The third-order valence-corrected chi connectivity index (χ3v) is 2.80. The average Bonchev–Trinajstić information content (AvgIpc) is 2.36. The smallest absolute Gasteiger partial charge is 0.275 e. The van der Waals surface area contributed by atoms with Crippen LogP contribution in [0.3, 0.4) is 0 Å². The molecule has 0 fully saturated rings. The van der Waals surface area contributed by atoms with Crippen molar-refractivity contribution in [3.8, 4) is 11.5 Å². The first-order chi connectivity index (χ1) is 8.13. The predicted molar refractivity (Wildman–Crippen MR) is 66.3 cm³/mol. The largest absolute Gasteiger partial charge is 0.495 e. The van der Waals surface area contributed by atoms with E-state index in [1.165, 1.54) is 14.2 Å². The van der Waals surface area contributed by atoms with Crippen molar-refractivity contribution in [2.75, 3.05) is 20.8 Å². The second-order valence-electron chi connectivity index (χ2n) is 3.06. The van der Waals surface area contributed by atoms with Gasteiger partial charge in [0.25, 0.3) is 5.91 Å². The number of benzene rings is 1. The van der Waals surface area contributed by atoms with E-state index in [1.807, 2.05) is 0 Å². The number of hydroxylamine groups is 1. The fourth-order valence-corrected chi connectivity index (χ4v) is 1.75. The highest BCUT2D eigenvalue weighted by Gasteiger charge is 2.14. The van der Waals surface area contributed by atoms with E-state index in [-0.39, 0.29) is 5.91 Å². The molecular weight excluding hydrogens is 290 g/mol. The number of hydrogen-bond donors (Lipinski definition) is 1. The van der Waals surface area contributed by atoms with Crippen LogP contribution < -0.4 is 15.0 Å². The summed E-state index contributed by atoms with van der Waals surface area (Å²) in [5.74, 6) is 0.688. The number of carbonyl (C=O) groups excluding carboxylic acids is 1. The molecule has 0 aliphatic carbocycles. The lowest BCUT2D eigenvalue weighted by Crippen LogP contribution is -2.23. The van der Waals surface area contributed by atoms with E-state index in [9.17, 15) is 4.79 Å². The quantitative estimate of drug-likeness (QED) is 0.847. The van der Waals surface area contributed by atoms with Gasteiger partial charge in [-0.1, -0.05) is 0 Å². The summed E-state index contributed by atoms with van der Waals surface area (Å²) in [7, 11) is 3.04. The standard InChI is InChI=1S/C11H14BrNO4/c1-4-17-13-11(14)7-5-8(15-2)10(12)9(6-7)16-3/h5-6H,4H2,1-3H3,(H,13,14). The zero-order chi connectivity index (χ0) is 12.8. The molecule has 0 saturated heterocycles. The van der Waals surface area contributed by atoms with Gasteiger partial charge < -0.3 is 9.47 Å². The fourth-order valence-electron chi connectivity index (χ4n) is 1.20. The number of ether oxygens (including phenoxy) is 2. The molecule has 5 nitrogen and oxygen atoms in total. The zero-order valence-corrected chi connectivity index (χ0v) is 11.5. The molecule has 0 radical (unpaired) electrons. The van der Waals surface area contributed by atoms with Gasteiger partial charge >= 0.3 is 0 Å². The molecule has 1 aromatic rings. The summed E-state index contributed by atoms with van der Waals surface area (Å²) in [5.41, 5.74) is 2.70. The second-order valence-corrected chi connectivity index (χ2v) is 3.85. The Morgan fingerprint density at radius 2 is 1.82 bits per heavy atom. The Morgan fingerprint density at radius 3 is 2.24 bits per heavy atom. The van der Waals surface area contributed by atoms with Gasteiger partial charge in [0, 0.05) is 5.56 Å². The molecule has 1 N–H and O–H groups in total. The molecule has 1 rings (SSSR count). The van der Waals surface area contributed by atoms with Crippen molar-refractivity contribution in [3.63, 3.8) is 0 Å². The molecule has 0 aromatic heterocycles. The maximum Gasteiger partial charge on any atom is 0.275 e. The molecule has 17 heavy (non-hydrogen) atoms. The molecule has 1 amide bonds. The van der Waals surface area contributed by atoms with Crippen LogP contribution in [0, 0.1) is 0 Å². The van der Waals surface area contributed by atoms with Crippen LogP contribution in [-0.2, 0) is 4.84 Å². The van der Waals surface area contributed by atoms with E-state index >= 15 is 0 Å². The lowest BCUT2D eigenvalue weighted by Gasteiger charge is -2.11. The van der Waals surface area contributed by atoms with Crippen LogP contribution in [0.1, 0.15) is 17.3 Å². The average molecular weight is 304 g/mol. The van der Waals surface area contributed by atoms with Gasteiger partial charge in [0.1, 0.15) is 16.0 Å². The number of halogens is 1. The van der Waals surface area contributed by atoms with E-state index < -0.39 is 0 Å². The second kappa shape index (κ2) is 6.46. The number of rotatable bonds is 5. The van der Waals surface area contributed by atoms with E-state index in [0.29, 0.717) is 28.1 Å². The van der Waals surface area contributed by atoms with Crippen molar-refractivity contribution >= 4 is 21.8 Å². The normalized spacial score (nSPS) is 9.88. The summed E-state index contributed by atoms with van der Waals surface area (Å²) in [6.07, 6.45) is 0. The van der Waals surface area contributed by atoms with Crippen LogP contribution in [0.4, 0.5) is 0 Å². The minimum Gasteiger partial charge on any atom is -0.495 e. The summed E-state index contributed by atoms with van der Waals surface area (Å²) in [4.78, 5) is 16.5. The highest BCUT2D eigenvalue weighted by molar-refractivity contribution is 9.10. The van der Waals surface area contributed by atoms with Gasteiger partial charge in [-0.15, -0.1) is 0 Å². The van der Waals surface area contributed by atoms with E-state index in [2.05, 4.69) is 21.4 Å². The summed E-state index contributed by atoms with van der Waals surface area (Å²) in [5, 5.41) is 0. The van der Waals surface area contributed by atoms with E-state index in [0.717, 1.165) is 0 Å². The third-order valence-electron chi connectivity index (χ3n) is 2.02. The molecule has 6 heteroatoms. The minimum atomic E-state index is -0.351. The van der Waals surface area contributed by atoms with Gasteiger partial charge in [0.15, 0.2) is 0 Å². The summed E-state index contributed by atoms with van der Waals surface area (Å²) in [6, 6.07) is 3.20. The molecule has 0 saturated carbocycles. The topological polar surface area (TPSA) is 56.8 Å². The minimum absolute atomic E-state index is 0.351. The van der Waals surface area contributed by atoms with Crippen molar-refractivity contribution < 1.29 is 19.1 Å². The zero-order valence-electron chi connectivity index (χ0n) is 9.87. The molecule has 0 aliphatic rings. The van der Waals surface area contributed by atoms with Crippen molar-refractivity contribution in [1.82, 2.24) is 5.48 Å².